The first kappa shape index (κ1) is 14.4. The number of ketones is 1. The van der Waals surface area contributed by atoms with Crippen molar-refractivity contribution in [1.29, 1.82) is 0 Å². The molecule has 1 amide bonds. The molecule has 98 valence electrons. The van der Waals surface area contributed by atoms with E-state index >= 15 is 0 Å². The Hall–Kier alpha value is -1.68. The Bertz CT molecular complexity index is 441. The van der Waals surface area contributed by atoms with Crippen molar-refractivity contribution >= 4 is 11.7 Å². The Morgan fingerprint density at radius 1 is 1.06 bits per heavy atom. The standard InChI is InChI=1S/C14H20N2O2/c1-11-7-5-6-8-12(11)13(17)9-16(4)10-14(18)15(2)3/h5-8H,9-10H2,1-4H3. The van der Waals surface area contributed by atoms with Crippen LogP contribution in [0, 0.1) is 6.92 Å². The second kappa shape index (κ2) is 6.31. The molecular weight excluding hydrogens is 228 g/mol. The molecular formula is C14H20N2O2. The number of rotatable bonds is 5. The zero-order chi connectivity index (χ0) is 13.7. The van der Waals surface area contributed by atoms with Crippen LogP contribution in [0.15, 0.2) is 24.3 Å². The topological polar surface area (TPSA) is 40.6 Å². The van der Waals surface area contributed by atoms with Crippen molar-refractivity contribution in [2.75, 3.05) is 34.2 Å². The molecule has 0 saturated carbocycles. The molecule has 1 aromatic rings. The predicted molar refractivity (Wildman–Crippen MR) is 71.7 cm³/mol. The van der Waals surface area contributed by atoms with Gasteiger partial charge in [0.25, 0.3) is 0 Å². The first-order valence-electron chi connectivity index (χ1n) is 5.89. The first-order chi connectivity index (χ1) is 8.41. The van der Waals surface area contributed by atoms with E-state index in [4.69, 9.17) is 0 Å². The van der Waals surface area contributed by atoms with Crippen LogP contribution in [0.5, 0.6) is 0 Å². The number of carbonyl (C=O) groups is 2. The van der Waals surface area contributed by atoms with Gasteiger partial charge in [-0.05, 0) is 19.5 Å². The van der Waals surface area contributed by atoms with Crippen molar-refractivity contribution in [3.63, 3.8) is 0 Å². The SMILES string of the molecule is Cc1ccccc1C(=O)CN(C)CC(=O)N(C)C. The van der Waals surface area contributed by atoms with E-state index in [1.807, 2.05) is 31.2 Å². The van der Waals surface area contributed by atoms with Gasteiger partial charge in [-0.25, -0.2) is 0 Å². The third-order valence-electron chi connectivity index (χ3n) is 2.76. The Morgan fingerprint density at radius 2 is 1.67 bits per heavy atom. The number of hydrogen-bond acceptors (Lipinski definition) is 3. The normalized spacial score (nSPS) is 10.5. The highest BCUT2D eigenvalue weighted by molar-refractivity contribution is 5.99. The second-order valence-corrected chi connectivity index (χ2v) is 4.70. The summed E-state index contributed by atoms with van der Waals surface area (Å²) in [6, 6.07) is 7.49. The van der Waals surface area contributed by atoms with Gasteiger partial charge < -0.3 is 4.90 Å². The molecule has 1 aromatic carbocycles. The van der Waals surface area contributed by atoms with Crippen LogP contribution < -0.4 is 0 Å². The van der Waals surface area contributed by atoms with Crippen molar-refractivity contribution in [2.45, 2.75) is 6.92 Å². The summed E-state index contributed by atoms with van der Waals surface area (Å²) in [6.45, 7) is 2.42. The largest absolute Gasteiger partial charge is 0.348 e. The van der Waals surface area contributed by atoms with Gasteiger partial charge in [0.2, 0.25) is 5.91 Å². The highest BCUT2D eigenvalue weighted by Crippen LogP contribution is 2.08. The van der Waals surface area contributed by atoms with Gasteiger partial charge in [0.05, 0.1) is 13.1 Å². The van der Waals surface area contributed by atoms with Gasteiger partial charge >= 0.3 is 0 Å². The molecule has 4 heteroatoms. The van der Waals surface area contributed by atoms with Crippen LogP contribution in [0.1, 0.15) is 15.9 Å². The van der Waals surface area contributed by atoms with Crippen LogP contribution in [0.25, 0.3) is 0 Å². The lowest BCUT2D eigenvalue weighted by Gasteiger charge is -2.18. The minimum atomic E-state index is -0.00455. The summed E-state index contributed by atoms with van der Waals surface area (Å²) in [5.74, 6) is 0.0391. The summed E-state index contributed by atoms with van der Waals surface area (Å²) in [5.41, 5.74) is 1.69. The van der Waals surface area contributed by atoms with Crippen LogP contribution in [-0.2, 0) is 4.79 Å². The van der Waals surface area contributed by atoms with Gasteiger partial charge in [-0.15, -0.1) is 0 Å². The zero-order valence-electron chi connectivity index (χ0n) is 11.4. The van der Waals surface area contributed by atoms with Crippen molar-refractivity contribution in [3.8, 4) is 0 Å². The van der Waals surface area contributed by atoms with Crippen molar-refractivity contribution in [3.05, 3.63) is 35.4 Å². The van der Waals surface area contributed by atoms with Gasteiger partial charge in [-0.3, -0.25) is 14.5 Å². The van der Waals surface area contributed by atoms with E-state index in [2.05, 4.69) is 0 Å². The maximum absolute atomic E-state index is 12.1. The number of aryl methyl sites for hydroxylation is 1. The van der Waals surface area contributed by atoms with E-state index in [0.717, 1.165) is 11.1 Å². The Labute approximate surface area is 108 Å². The Morgan fingerprint density at radius 3 is 2.22 bits per heavy atom. The molecule has 0 aliphatic carbocycles. The van der Waals surface area contributed by atoms with Gasteiger partial charge in [-0.2, -0.15) is 0 Å². The Kier molecular flexibility index (Phi) is 5.04. The lowest BCUT2D eigenvalue weighted by atomic mass is 10.0. The molecule has 0 fully saturated rings. The van der Waals surface area contributed by atoms with Crippen LogP contribution in [-0.4, -0.2) is 55.7 Å². The average Bonchev–Trinajstić information content (AvgIpc) is 2.28. The highest BCUT2D eigenvalue weighted by atomic mass is 16.2. The molecule has 0 spiro atoms. The number of nitrogens with zero attached hydrogens (tertiary/aromatic N) is 2. The number of Topliss-reactive ketones (excluding diaryl/α,β-unsaturated/α-hetero) is 1. The lowest BCUT2D eigenvalue weighted by molar-refractivity contribution is -0.129. The average molecular weight is 248 g/mol. The van der Waals surface area contributed by atoms with Gasteiger partial charge in [0, 0.05) is 19.7 Å². The molecule has 18 heavy (non-hydrogen) atoms. The number of likely N-dealkylation sites (N-methyl/N-ethyl adjacent to an activating group) is 2. The van der Waals surface area contributed by atoms with Crippen LogP contribution in [0.2, 0.25) is 0 Å². The van der Waals surface area contributed by atoms with E-state index in [1.165, 1.54) is 4.90 Å². The fraction of sp³-hybridized carbons (Fsp3) is 0.429. The first-order valence-corrected chi connectivity index (χ1v) is 5.89. The van der Waals surface area contributed by atoms with E-state index in [-0.39, 0.29) is 24.8 Å². The molecule has 1 rings (SSSR count). The molecule has 0 atom stereocenters. The fourth-order valence-electron chi connectivity index (χ4n) is 1.64. The minimum Gasteiger partial charge on any atom is -0.348 e. The number of carbonyl (C=O) groups excluding carboxylic acids is 2. The molecule has 0 saturated heterocycles. The second-order valence-electron chi connectivity index (χ2n) is 4.70. The summed E-state index contributed by atoms with van der Waals surface area (Å²) < 4.78 is 0. The lowest BCUT2D eigenvalue weighted by Crippen LogP contribution is -2.37. The van der Waals surface area contributed by atoms with E-state index in [9.17, 15) is 9.59 Å². The van der Waals surface area contributed by atoms with Crippen LogP contribution in [0.3, 0.4) is 0 Å². The van der Waals surface area contributed by atoms with Crippen LogP contribution >= 0.6 is 0 Å². The smallest absolute Gasteiger partial charge is 0.236 e. The quantitative estimate of drug-likeness (QED) is 0.735. The number of benzene rings is 1. The summed E-state index contributed by atoms with van der Waals surface area (Å²) in [7, 11) is 5.19. The number of amides is 1. The van der Waals surface area contributed by atoms with Crippen molar-refractivity contribution < 1.29 is 9.59 Å². The summed E-state index contributed by atoms with van der Waals surface area (Å²) >= 11 is 0. The molecule has 0 aliphatic rings. The maximum atomic E-state index is 12.1. The molecule has 0 bridgehead atoms. The minimum absolute atomic E-state index is 0.00455. The molecule has 0 unspecified atom stereocenters. The molecule has 0 N–H and O–H groups in total. The van der Waals surface area contributed by atoms with Crippen molar-refractivity contribution in [2.24, 2.45) is 0 Å². The molecule has 4 nitrogen and oxygen atoms in total. The molecule has 0 aliphatic heterocycles. The zero-order valence-corrected chi connectivity index (χ0v) is 11.4. The summed E-state index contributed by atoms with van der Waals surface area (Å²) in [5, 5.41) is 0. The summed E-state index contributed by atoms with van der Waals surface area (Å²) in [4.78, 5) is 26.8. The maximum Gasteiger partial charge on any atom is 0.236 e. The Balaban J connectivity index is 2.60. The van der Waals surface area contributed by atoms with Crippen LogP contribution in [0.4, 0.5) is 0 Å². The highest BCUT2D eigenvalue weighted by Gasteiger charge is 2.14. The van der Waals surface area contributed by atoms with E-state index in [0.29, 0.717) is 0 Å². The third-order valence-corrected chi connectivity index (χ3v) is 2.76. The predicted octanol–water partition coefficient (Wildman–Crippen LogP) is 1.20. The molecule has 0 heterocycles. The van der Waals surface area contributed by atoms with E-state index < -0.39 is 0 Å². The van der Waals surface area contributed by atoms with Gasteiger partial charge in [0.1, 0.15) is 0 Å². The van der Waals surface area contributed by atoms with Crippen molar-refractivity contribution in [1.82, 2.24) is 9.80 Å². The molecule has 0 aromatic heterocycles. The molecule has 0 radical (unpaired) electrons. The number of hydrogen-bond donors (Lipinski definition) is 0. The van der Waals surface area contributed by atoms with Gasteiger partial charge in [0.15, 0.2) is 5.78 Å². The summed E-state index contributed by atoms with van der Waals surface area (Å²) in [6.07, 6.45) is 0. The monoisotopic (exact) mass is 248 g/mol. The fourth-order valence-corrected chi connectivity index (χ4v) is 1.64. The van der Waals surface area contributed by atoms with Gasteiger partial charge in [-0.1, -0.05) is 24.3 Å². The third kappa shape index (κ3) is 3.96. The van der Waals surface area contributed by atoms with E-state index in [1.54, 1.807) is 26.0 Å².